The van der Waals surface area contributed by atoms with Gasteiger partial charge in [0.05, 0.1) is 18.6 Å². The van der Waals surface area contributed by atoms with Crippen molar-refractivity contribution in [2.24, 2.45) is 5.92 Å². The topological polar surface area (TPSA) is 4.44 Å². The van der Waals surface area contributed by atoms with E-state index in [1.165, 1.54) is 31.5 Å². The minimum atomic E-state index is -0.134. The Balaban J connectivity index is 0.00000180. The molecule has 0 saturated carbocycles. The lowest BCUT2D eigenvalue weighted by atomic mass is 9.88. The lowest BCUT2D eigenvalue weighted by Crippen LogP contribution is -3.19. The molecule has 1 aromatic carbocycles. The van der Waals surface area contributed by atoms with E-state index < -0.39 is 0 Å². The molecule has 0 amide bonds. The number of quaternary nitrogens is 1. The van der Waals surface area contributed by atoms with Gasteiger partial charge in [-0.3, -0.25) is 0 Å². The summed E-state index contributed by atoms with van der Waals surface area (Å²) < 4.78 is 12.8. The van der Waals surface area contributed by atoms with Crippen molar-refractivity contribution < 1.29 is 21.7 Å². The number of likely N-dealkylation sites (tertiary alicyclic amines) is 1. The van der Waals surface area contributed by atoms with Crippen molar-refractivity contribution in [2.75, 3.05) is 13.1 Å². The quantitative estimate of drug-likeness (QED) is 0.745. The minimum Gasteiger partial charge on any atom is -1.00 e. The second-order valence-corrected chi connectivity index (χ2v) is 6.63. The molecule has 0 aliphatic carbocycles. The standard InChI is InChI=1S/C16H24FN.ClH/c1-16(2,3)18-10-8-14(9-11-18)12-13-4-6-15(17)7-5-13;/h4-7,14H,8-12H2,1-3H3;1H. The maximum atomic E-state index is 12.8. The number of hydrogen-bond donors (Lipinski definition) is 1. The molecule has 1 fully saturated rings. The van der Waals surface area contributed by atoms with E-state index in [1.54, 1.807) is 17.0 Å². The molecule has 1 nitrogen and oxygen atoms in total. The van der Waals surface area contributed by atoms with Crippen LogP contribution in [-0.4, -0.2) is 18.6 Å². The smallest absolute Gasteiger partial charge is 0.123 e. The first-order valence-corrected chi connectivity index (χ1v) is 7.05. The van der Waals surface area contributed by atoms with Crippen LogP contribution in [0.15, 0.2) is 24.3 Å². The Morgan fingerprint density at radius 2 is 1.63 bits per heavy atom. The zero-order chi connectivity index (χ0) is 13.2. The highest BCUT2D eigenvalue weighted by Crippen LogP contribution is 2.17. The Kier molecular flexibility index (Phi) is 5.82. The summed E-state index contributed by atoms with van der Waals surface area (Å²) in [5.74, 6) is 0.646. The van der Waals surface area contributed by atoms with Gasteiger partial charge in [-0.15, -0.1) is 0 Å². The van der Waals surface area contributed by atoms with Crippen molar-refractivity contribution in [1.82, 2.24) is 0 Å². The Labute approximate surface area is 122 Å². The van der Waals surface area contributed by atoms with Crippen molar-refractivity contribution in [2.45, 2.75) is 45.6 Å². The molecule has 0 bridgehead atoms. The number of benzene rings is 1. The average molecular weight is 286 g/mol. The zero-order valence-corrected chi connectivity index (χ0v) is 12.9. The van der Waals surface area contributed by atoms with Gasteiger partial charge in [-0.1, -0.05) is 12.1 Å². The van der Waals surface area contributed by atoms with E-state index in [0.29, 0.717) is 5.54 Å². The maximum absolute atomic E-state index is 12.8. The van der Waals surface area contributed by atoms with Gasteiger partial charge in [-0.25, -0.2) is 4.39 Å². The minimum absolute atomic E-state index is 0. The SMILES string of the molecule is CC(C)(C)[NH+]1CCC(Cc2ccc(F)cc2)CC1.[Cl-]. The third kappa shape index (κ3) is 4.77. The molecular formula is C16H25ClFN. The molecule has 2 rings (SSSR count). The summed E-state index contributed by atoms with van der Waals surface area (Å²) in [5, 5.41) is 0. The second-order valence-electron chi connectivity index (χ2n) is 6.63. The first kappa shape index (κ1) is 16.5. The Morgan fingerprint density at radius 3 is 2.11 bits per heavy atom. The van der Waals surface area contributed by atoms with E-state index in [-0.39, 0.29) is 18.2 Å². The lowest BCUT2D eigenvalue weighted by Gasteiger charge is -2.37. The summed E-state index contributed by atoms with van der Waals surface area (Å²) in [6.45, 7) is 9.51. The van der Waals surface area contributed by atoms with Gasteiger partial charge in [-0.05, 0) is 63.6 Å². The molecule has 1 N–H and O–H groups in total. The number of halogens is 2. The van der Waals surface area contributed by atoms with Crippen LogP contribution in [0, 0.1) is 11.7 Å². The van der Waals surface area contributed by atoms with E-state index in [1.807, 2.05) is 12.1 Å². The molecule has 108 valence electrons. The van der Waals surface area contributed by atoms with Crippen molar-refractivity contribution in [3.8, 4) is 0 Å². The molecule has 0 aromatic heterocycles. The van der Waals surface area contributed by atoms with Gasteiger partial charge in [0.25, 0.3) is 0 Å². The van der Waals surface area contributed by atoms with Gasteiger partial charge >= 0.3 is 0 Å². The third-order valence-corrected chi connectivity index (χ3v) is 4.21. The predicted octanol–water partition coefficient (Wildman–Crippen LogP) is -0.534. The van der Waals surface area contributed by atoms with E-state index in [9.17, 15) is 4.39 Å². The molecule has 3 heteroatoms. The summed E-state index contributed by atoms with van der Waals surface area (Å²) in [7, 11) is 0. The van der Waals surface area contributed by atoms with Crippen LogP contribution in [-0.2, 0) is 6.42 Å². The Hall–Kier alpha value is -0.600. The average Bonchev–Trinajstić information content (AvgIpc) is 2.32. The van der Waals surface area contributed by atoms with Crippen molar-refractivity contribution in [3.63, 3.8) is 0 Å². The predicted molar refractivity (Wildman–Crippen MR) is 73.3 cm³/mol. The fourth-order valence-corrected chi connectivity index (χ4v) is 2.93. The fraction of sp³-hybridized carbons (Fsp3) is 0.625. The van der Waals surface area contributed by atoms with Crippen LogP contribution in [0.3, 0.4) is 0 Å². The zero-order valence-electron chi connectivity index (χ0n) is 12.2. The second kappa shape index (κ2) is 6.71. The number of hydrogen-bond acceptors (Lipinski definition) is 0. The van der Waals surface area contributed by atoms with Crippen LogP contribution >= 0.6 is 0 Å². The van der Waals surface area contributed by atoms with Gasteiger partial charge < -0.3 is 17.3 Å². The first-order valence-electron chi connectivity index (χ1n) is 7.05. The van der Waals surface area contributed by atoms with Crippen LogP contribution < -0.4 is 17.3 Å². The summed E-state index contributed by atoms with van der Waals surface area (Å²) in [6, 6.07) is 7.01. The highest BCUT2D eigenvalue weighted by Gasteiger charge is 2.30. The monoisotopic (exact) mass is 285 g/mol. The van der Waals surface area contributed by atoms with Crippen LogP contribution in [0.5, 0.6) is 0 Å². The molecule has 0 atom stereocenters. The van der Waals surface area contributed by atoms with Crippen molar-refractivity contribution >= 4 is 0 Å². The number of nitrogens with one attached hydrogen (secondary N) is 1. The summed E-state index contributed by atoms with van der Waals surface area (Å²) in [6.07, 6.45) is 3.70. The van der Waals surface area contributed by atoms with Gasteiger partial charge in [-0.2, -0.15) is 0 Å². The van der Waals surface area contributed by atoms with Gasteiger partial charge in [0.15, 0.2) is 0 Å². The molecule has 1 saturated heterocycles. The van der Waals surface area contributed by atoms with Crippen LogP contribution in [0.2, 0.25) is 0 Å². The first-order chi connectivity index (χ1) is 8.45. The summed E-state index contributed by atoms with van der Waals surface area (Å²) in [5.41, 5.74) is 1.65. The van der Waals surface area contributed by atoms with Gasteiger partial charge in [0.2, 0.25) is 0 Å². The third-order valence-electron chi connectivity index (χ3n) is 4.21. The van der Waals surface area contributed by atoms with Gasteiger partial charge in [0.1, 0.15) is 5.82 Å². The molecule has 1 aromatic rings. The van der Waals surface area contributed by atoms with Gasteiger partial charge in [0, 0.05) is 0 Å². The van der Waals surface area contributed by atoms with Crippen molar-refractivity contribution in [3.05, 3.63) is 35.6 Å². The Bertz CT molecular complexity index is 375. The van der Waals surface area contributed by atoms with Crippen LogP contribution in [0.25, 0.3) is 0 Å². The largest absolute Gasteiger partial charge is 1.00 e. The molecule has 1 aliphatic rings. The molecular weight excluding hydrogens is 261 g/mol. The Morgan fingerprint density at radius 1 is 1.11 bits per heavy atom. The summed E-state index contributed by atoms with van der Waals surface area (Å²) in [4.78, 5) is 1.72. The highest BCUT2D eigenvalue weighted by atomic mass is 35.5. The van der Waals surface area contributed by atoms with E-state index >= 15 is 0 Å². The molecule has 0 spiro atoms. The molecule has 1 heterocycles. The van der Waals surface area contributed by atoms with E-state index in [4.69, 9.17) is 0 Å². The fourth-order valence-electron chi connectivity index (χ4n) is 2.93. The van der Waals surface area contributed by atoms with Crippen LogP contribution in [0.4, 0.5) is 4.39 Å². The number of piperidine rings is 1. The lowest BCUT2D eigenvalue weighted by molar-refractivity contribution is -0.952. The van der Waals surface area contributed by atoms with E-state index in [2.05, 4.69) is 20.8 Å². The van der Waals surface area contributed by atoms with Crippen molar-refractivity contribution in [1.29, 1.82) is 0 Å². The van der Waals surface area contributed by atoms with E-state index in [0.717, 1.165) is 12.3 Å². The highest BCUT2D eigenvalue weighted by molar-refractivity contribution is 5.16. The number of rotatable bonds is 2. The molecule has 1 aliphatic heterocycles. The molecule has 0 unspecified atom stereocenters. The van der Waals surface area contributed by atoms with Crippen LogP contribution in [0.1, 0.15) is 39.2 Å². The maximum Gasteiger partial charge on any atom is 0.123 e. The molecule has 0 radical (unpaired) electrons. The summed E-state index contributed by atoms with van der Waals surface area (Å²) >= 11 is 0. The molecule has 19 heavy (non-hydrogen) atoms. The normalized spacial score (nSPS) is 23.8.